The summed E-state index contributed by atoms with van der Waals surface area (Å²) in [6.45, 7) is 10.9. The Labute approximate surface area is 176 Å². The number of rotatable bonds is 1. The number of ketones is 1. The van der Waals surface area contributed by atoms with Crippen molar-refractivity contribution in [1.29, 1.82) is 0 Å². The first-order valence-corrected chi connectivity index (χ1v) is 11.9. The summed E-state index contributed by atoms with van der Waals surface area (Å²) in [5.74, 6) is 1.89. The van der Waals surface area contributed by atoms with E-state index in [0.29, 0.717) is 23.7 Å². The molecule has 3 heteroatoms. The normalized spacial score (nSPS) is 49.7. The smallest absolute Gasteiger partial charge is 0.133 e. The van der Waals surface area contributed by atoms with Crippen LogP contribution in [0, 0.1) is 34.0 Å². The van der Waals surface area contributed by atoms with Crippen molar-refractivity contribution in [3.63, 3.8) is 0 Å². The zero-order valence-electron chi connectivity index (χ0n) is 19.1. The topological polar surface area (TPSA) is 29.5 Å². The van der Waals surface area contributed by atoms with E-state index in [4.69, 9.17) is 4.74 Å². The van der Waals surface area contributed by atoms with Crippen LogP contribution in [0.3, 0.4) is 0 Å². The molecule has 1 heterocycles. The second kappa shape index (κ2) is 6.53. The Morgan fingerprint density at radius 3 is 2.62 bits per heavy atom. The van der Waals surface area contributed by atoms with Crippen molar-refractivity contribution in [3.8, 4) is 0 Å². The molecule has 1 saturated heterocycles. The van der Waals surface area contributed by atoms with Gasteiger partial charge in [0.1, 0.15) is 5.78 Å². The molecular formula is C26H39NO2. The molecule has 0 amide bonds. The average molecular weight is 398 g/mol. The summed E-state index contributed by atoms with van der Waals surface area (Å²) >= 11 is 0. The Kier molecular flexibility index (Phi) is 4.51. The summed E-state index contributed by atoms with van der Waals surface area (Å²) in [4.78, 5) is 14.9. The van der Waals surface area contributed by atoms with Gasteiger partial charge in [0.15, 0.2) is 0 Å². The highest BCUT2D eigenvalue weighted by molar-refractivity contribution is 5.80. The van der Waals surface area contributed by atoms with Gasteiger partial charge in [-0.3, -0.25) is 9.69 Å². The van der Waals surface area contributed by atoms with Crippen LogP contribution in [0.15, 0.2) is 23.3 Å². The molecule has 0 aromatic carbocycles. The Balaban J connectivity index is 1.51. The summed E-state index contributed by atoms with van der Waals surface area (Å²) in [7, 11) is 2.24. The van der Waals surface area contributed by atoms with Crippen molar-refractivity contribution in [1.82, 2.24) is 4.90 Å². The Morgan fingerprint density at radius 1 is 1.10 bits per heavy atom. The molecule has 0 aromatic rings. The molecule has 1 aliphatic heterocycles. The van der Waals surface area contributed by atoms with E-state index < -0.39 is 0 Å². The van der Waals surface area contributed by atoms with Crippen LogP contribution in [-0.2, 0) is 9.53 Å². The van der Waals surface area contributed by atoms with Crippen LogP contribution in [0.2, 0.25) is 0 Å². The van der Waals surface area contributed by atoms with E-state index >= 15 is 0 Å². The zero-order chi connectivity index (χ0) is 20.6. The predicted octanol–water partition coefficient (Wildman–Crippen LogP) is 5.37. The fourth-order valence-corrected chi connectivity index (χ4v) is 8.65. The van der Waals surface area contributed by atoms with Gasteiger partial charge in [0.05, 0.1) is 13.3 Å². The third-order valence-electron chi connectivity index (χ3n) is 10.5. The van der Waals surface area contributed by atoms with E-state index in [1.807, 2.05) is 6.92 Å². The maximum atomic E-state index is 12.5. The summed E-state index contributed by atoms with van der Waals surface area (Å²) in [5, 5.41) is 0. The number of nitrogens with zero attached hydrogens (tertiary/aromatic N) is 1. The van der Waals surface area contributed by atoms with Crippen LogP contribution >= 0.6 is 0 Å². The fraction of sp³-hybridized carbons (Fsp3) is 0.808. The van der Waals surface area contributed by atoms with Gasteiger partial charge in [-0.2, -0.15) is 0 Å². The first-order valence-electron chi connectivity index (χ1n) is 11.9. The van der Waals surface area contributed by atoms with Gasteiger partial charge in [-0.1, -0.05) is 38.5 Å². The van der Waals surface area contributed by atoms with E-state index in [1.54, 1.807) is 11.1 Å². The molecule has 29 heavy (non-hydrogen) atoms. The molecule has 0 spiro atoms. The maximum absolute atomic E-state index is 12.5. The molecule has 0 unspecified atom stereocenters. The molecule has 4 aliphatic carbocycles. The number of carbonyl (C=O) groups is 1. The van der Waals surface area contributed by atoms with Crippen LogP contribution in [0.25, 0.3) is 0 Å². The first kappa shape index (κ1) is 20.0. The van der Waals surface area contributed by atoms with E-state index in [0.717, 1.165) is 26.2 Å². The first-order chi connectivity index (χ1) is 13.7. The number of allylic oxidation sites excluding steroid dienone is 4. The zero-order valence-corrected chi connectivity index (χ0v) is 19.1. The van der Waals surface area contributed by atoms with Gasteiger partial charge in [-0.05, 0) is 87.2 Å². The number of ether oxygens (including phenoxy) is 1. The largest absolute Gasteiger partial charge is 0.365 e. The molecule has 5 rings (SSSR count). The standard InChI is InChI=1S/C26H39NO2/c1-17(28)20-11-13-26(4)22-8-7-21-18(14-19(22)10-12-25(20,26)3)6-9-23-24(21,2)15-29-16-27(23)5/h10,14,20-23H,6-9,11-13,15-16H2,1-5H3/t20-,21-,22-,23+,24+,25-,26+/m1/s1. The molecule has 3 nitrogen and oxygen atoms in total. The molecule has 0 radical (unpaired) electrons. The van der Waals surface area contributed by atoms with Crippen molar-refractivity contribution in [2.45, 2.75) is 78.7 Å². The minimum atomic E-state index is 0.127. The lowest BCUT2D eigenvalue weighted by Gasteiger charge is -2.54. The highest BCUT2D eigenvalue weighted by atomic mass is 16.5. The minimum absolute atomic E-state index is 0.127. The SMILES string of the molecule is CC(=O)[C@H]1CC[C@@]2(C)[C@@H]3CC[C@@H]4C(=CC3=CC[C@]12C)CC[C@@H]1N(C)COC[C@@]41C. The van der Waals surface area contributed by atoms with Gasteiger partial charge < -0.3 is 4.74 Å². The van der Waals surface area contributed by atoms with Crippen LogP contribution in [0.5, 0.6) is 0 Å². The van der Waals surface area contributed by atoms with E-state index in [-0.39, 0.29) is 22.2 Å². The quantitative estimate of drug-likeness (QED) is 0.596. The highest BCUT2D eigenvalue weighted by Crippen LogP contribution is 2.67. The summed E-state index contributed by atoms with van der Waals surface area (Å²) in [5.41, 5.74) is 3.88. The predicted molar refractivity (Wildman–Crippen MR) is 116 cm³/mol. The van der Waals surface area contributed by atoms with Gasteiger partial charge in [-0.15, -0.1) is 0 Å². The Bertz CT molecular complexity index is 784. The van der Waals surface area contributed by atoms with E-state index in [2.05, 4.69) is 44.9 Å². The molecule has 3 fully saturated rings. The van der Waals surface area contributed by atoms with Gasteiger partial charge >= 0.3 is 0 Å². The van der Waals surface area contributed by atoms with Crippen molar-refractivity contribution >= 4 is 5.78 Å². The average Bonchev–Trinajstić information content (AvgIpc) is 2.81. The van der Waals surface area contributed by atoms with Crippen molar-refractivity contribution in [2.75, 3.05) is 20.4 Å². The van der Waals surface area contributed by atoms with Gasteiger partial charge in [0, 0.05) is 17.4 Å². The number of Topliss-reactive ketones (excluding diaryl/α,β-unsaturated/α-hetero) is 1. The van der Waals surface area contributed by atoms with Gasteiger partial charge in [0.25, 0.3) is 0 Å². The second-order valence-corrected chi connectivity index (χ2v) is 11.6. The molecule has 0 aromatic heterocycles. The third kappa shape index (κ3) is 2.59. The van der Waals surface area contributed by atoms with E-state index in [1.165, 1.54) is 32.1 Å². The molecular weight excluding hydrogens is 358 g/mol. The summed E-state index contributed by atoms with van der Waals surface area (Å²) in [6.07, 6.45) is 13.5. The summed E-state index contributed by atoms with van der Waals surface area (Å²) in [6, 6.07) is 0.641. The van der Waals surface area contributed by atoms with E-state index in [9.17, 15) is 4.79 Å². The van der Waals surface area contributed by atoms with Crippen LogP contribution in [-0.4, -0.2) is 37.1 Å². The van der Waals surface area contributed by atoms with Crippen molar-refractivity contribution in [3.05, 3.63) is 23.3 Å². The van der Waals surface area contributed by atoms with Gasteiger partial charge in [0.2, 0.25) is 0 Å². The molecule has 0 bridgehead atoms. The lowest BCUT2D eigenvalue weighted by Crippen LogP contribution is -2.58. The molecule has 2 saturated carbocycles. The van der Waals surface area contributed by atoms with Crippen LogP contribution < -0.4 is 0 Å². The molecule has 0 N–H and O–H groups in total. The minimum Gasteiger partial charge on any atom is -0.365 e. The maximum Gasteiger partial charge on any atom is 0.133 e. The van der Waals surface area contributed by atoms with Crippen LogP contribution in [0.4, 0.5) is 0 Å². The molecule has 160 valence electrons. The number of fused-ring (bicyclic) bond motifs is 6. The second-order valence-electron chi connectivity index (χ2n) is 11.6. The number of hydrogen-bond acceptors (Lipinski definition) is 3. The summed E-state index contributed by atoms with van der Waals surface area (Å²) < 4.78 is 6.05. The van der Waals surface area contributed by atoms with Gasteiger partial charge in [-0.25, -0.2) is 0 Å². The van der Waals surface area contributed by atoms with Crippen LogP contribution in [0.1, 0.15) is 72.6 Å². The number of carbonyl (C=O) groups excluding carboxylic acids is 1. The number of hydrogen-bond donors (Lipinski definition) is 0. The fourth-order valence-electron chi connectivity index (χ4n) is 8.65. The highest BCUT2D eigenvalue weighted by Gasteiger charge is 2.61. The monoisotopic (exact) mass is 397 g/mol. The van der Waals surface area contributed by atoms with Crippen molar-refractivity contribution < 1.29 is 9.53 Å². The molecule has 7 atom stereocenters. The Morgan fingerprint density at radius 2 is 1.86 bits per heavy atom. The lowest BCUT2D eigenvalue weighted by atomic mass is 9.52. The third-order valence-corrected chi connectivity index (χ3v) is 10.5. The Hall–Kier alpha value is -0.930. The van der Waals surface area contributed by atoms with Crippen molar-refractivity contribution in [2.24, 2.45) is 34.0 Å². The lowest BCUT2D eigenvalue weighted by molar-refractivity contribution is -0.143. The molecule has 5 aliphatic rings.